The second kappa shape index (κ2) is 11.1. The molecule has 0 amide bonds. The van der Waals surface area contributed by atoms with Crippen LogP contribution in [-0.4, -0.2) is 67.4 Å². The number of methoxy groups -OCH3 is 3. The number of ether oxygens (including phenoxy) is 3. The average Bonchev–Trinajstić information content (AvgIpc) is 3.56. The number of hydrogen-bond donors (Lipinski definition) is 1. The van der Waals surface area contributed by atoms with Crippen LogP contribution in [0.1, 0.15) is 29.6 Å². The van der Waals surface area contributed by atoms with Gasteiger partial charge in [0.25, 0.3) is 12.0 Å². The Hall–Kier alpha value is -3.64. The molecule has 0 bridgehead atoms. The van der Waals surface area contributed by atoms with Crippen LogP contribution in [-0.2, 0) is 38.9 Å². The summed E-state index contributed by atoms with van der Waals surface area (Å²) in [6, 6.07) is 0.745. The molecule has 1 atom stereocenters. The van der Waals surface area contributed by atoms with Gasteiger partial charge in [0.1, 0.15) is 29.6 Å². The number of carbonyl (C=O) groups excluding carboxylic acids is 5. The molecule has 1 aromatic heterocycles. The molecule has 1 aliphatic rings. The van der Waals surface area contributed by atoms with Crippen molar-refractivity contribution in [3.63, 3.8) is 0 Å². The van der Waals surface area contributed by atoms with Crippen LogP contribution in [0.3, 0.4) is 0 Å². The summed E-state index contributed by atoms with van der Waals surface area (Å²) in [5.41, 5.74) is -2.62. The first-order chi connectivity index (χ1) is 15.0. The number of nitrogens with zero attached hydrogens (tertiary/aromatic N) is 1. The summed E-state index contributed by atoms with van der Waals surface area (Å²) in [5.74, 6) is -5.61. The zero-order valence-corrected chi connectivity index (χ0v) is 17.3. The Morgan fingerprint density at radius 1 is 1.16 bits per heavy atom. The fourth-order valence-corrected chi connectivity index (χ4v) is 2.54. The number of pyridine rings is 1. The Bertz CT molecular complexity index is 952. The van der Waals surface area contributed by atoms with Gasteiger partial charge >= 0.3 is 17.9 Å². The van der Waals surface area contributed by atoms with Crippen molar-refractivity contribution in [2.24, 2.45) is 5.92 Å². The molecule has 1 unspecified atom stereocenters. The Labute approximate surface area is 179 Å². The van der Waals surface area contributed by atoms with Gasteiger partial charge in [-0.1, -0.05) is 0 Å². The van der Waals surface area contributed by atoms with Crippen molar-refractivity contribution in [2.45, 2.75) is 31.2 Å². The number of carbonyl (C=O) groups is 5. The Balaban J connectivity index is 0.000000333. The third-order valence-electron chi connectivity index (χ3n) is 4.57. The quantitative estimate of drug-likeness (QED) is 0.246. The molecule has 13 heteroatoms. The lowest BCUT2D eigenvalue weighted by Crippen LogP contribution is -2.35. The molecular formula is C19H21F2NO10. The zero-order chi connectivity index (χ0) is 24.6. The summed E-state index contributed by atoms with van der Waals surface area (Å²) in [4.78, 5) is 65.9. The number of aromatic nitrogens is 1. The Morgan fingerprint density at radius 2 is 1.75 bits per heavy atom. The minimum absolute atomic E-state index is 0.136. The molecule has 1 aliphatic carbocycles. The van der Waals surface area contributed by atoms with E-state index in [-0.39, 0.29) is 24.7 Å². The summed E-state index contributed by atoms with van der Waals surface area (Å²) < 4.78 is 39.4. The van der Waals surface area contributed by atoms with Crippen LogP contribution in [0.25, 0.3) is 0 Å². The number of aldehydes is 1. The molecule has 176 valence electrons. The molecule has 1 fully saturated rings. The molecule has 0 aliphatic heterocycles. The summed E-state index contributed by atoms with van der Waals surface area (Å²) in [6.07, 6.45) is -1.93. The SMILES string of the molecule is COC(=O)CC(=O)C(C=O)C(=O)OC.COC(=O)c1cn(C2(C(F)F)CC2)c(=O)cc1O. The van der Waals surface area contributed by atoms with Gasteiger partial charge in [-0.15, -0.1) is 0 Å². The van der Waals surface area contributed by atoms with E-state index in [1.165, 1.54) is 0 Å². The van der Waals surface area contributed by atoms with Crippen LogP contribution in [0, 0.1) is 5.92 Å². The first-order valence-corrected chi connectivity index (χ1v) is 8.94. The van der Waals surface area contributed by atoms with Crippen LogP contribution in [0.5, 0.6) is 5.75 Å². The van der Waals surface area contributed by atoms with Crippen LogP contribution in [0.15, 0.2) is 17.1 Å². The normalized spacial score (nSPS) is 14.3. The molecule has 1 N–H and O–H groups in total. The maximum atomic E-state index is 12.9. The zero-order valence-electron chi connectivity index (χ0n) is 17.3. The molecule has 2 rings (SSSR count). The number of aromatic hydroxyl groups is 1. The van der Waals surface area contributed by atoms with Gasteiger partial charge in [-0.05, 0) is 12.8 Å². The standard InChI is InChI=1S/C11H11F2NO4.C8H10O6/c1-18-9(17)6-5-14(8(16)4-7(6)15)11(2-3-11)10(12)13;1-13-7(11)3-6(10)5(4-9)8(12)14-2/h4-5,10,15H,2-3H2,1H3;4-5H,3H2,1-2H3. The summed E-state index contributed by atoms with van der Waals surface area (Å²) in [6.45, 7) is 0. The van der Waals surface area contributed by atoms with E-state index in [1.54, 1.807) is 0 Å². The lowest BCUT2D eigenvalue weighted by atomic mass is 10.0. The van der Waals surface area contributed by atoms with Gasteiger partial charge in [0.05, 0.1) is 21.3 Å². The number of ketones is 1. The number of hydrogen-bond acceptors (Lipinski definition) is 10. The monoisotopic (exact) mass is 461 g/mol. The van der Waals surface area contributed by atoms with E-state index >= 15 is 0 Å². The van der Waals surface area contributed by atoms with Crippen molar-refractivity contribution in [3.8, 4) is 5.75 Å². The van der Waals surface area contributed by atoms with Crippen molar-refractivity contribution in [1.29, 1.82) is 0 Å². The van der Waals surface area contributed by atoms with Crippen molar-refractivity contribution in [1.82, 2.24) is 4.57 Å². The van der Waals surface area contributed by atoms with Crippen LogP contribution >= 0.6 is 0 Å². The van der Waals surface area contributed by atoms with Gasteiger partial charge in [-0.3, -0.25) is 19.2 Å². The van der Waals surface area contributed by atoms with Crippen molar-refractivity contribution >= 4 is 30.0 Å². The van der Waals surface area contributed by atoms with E-state index in [0.717, 1.165) is 38.2 Å². The molecule has 11 nitrogen and oxygen atoms in total. The Morgan fingerprint density at radius 3 is 2.16 bits per heavy atom. The molecule has 0 spiro atoms. The highest BCUT2D eigenvalue weighted by Gasteiger charge is 2.53. The maximum absolute atomic E-state index is 12.9. The van der Waals surface area contributed by atoms with E-state index in [9.17, 15) is 42.7 Å². The van der Waals surface area contributed by atoms with Gasteiger partial charge < -0.3 is 28.7 Å². The minimum atomic E-state index is -2.70. The van der Waals surface area contributed by atoms with E-state index in [1.807, 2.05) is 0 Å². The summed E-state index contributed by atoms with van der Waals surface area (Å²) in [7, 11) is 3.24. The highest BCUT2D eigenvalue weighted by molar-refractivity contribution is 6.14. The minimum Gasteiger partial charge on any atom is -0.507 e. The van der Waals surface area contributed by atoms with E-state index in [2.05, 4.69) is 14.2 Å². The first-order valence-electron chi connectivity index (χ1n) is 8.94. The van der Waals surface area contributed by atoms with Crippen molar-refractivity contribution in [3.05, 3.63) is 28.2 Å². The predicted octanol–water partition coefficient (Wildman–Crippen LogP) is 0.201. The molecule has 0 aromatic carbocycles. The highest BCUT2D eigenvalue weighted by atomic mass is 19.3. The number of rotatable bonds is 8. The van der Waals surface area contributed by atoms with E-state index in [0.29, 0.717) is 0 Å². The molecule has 32 heavy (non-hydrogen) atoms. The second-order valence-electron chi connectivity index (χ2n) is 6.53. The lowest BCUT2D eigenvalue weighted by Gasteiger charge is -2.18. The largest absolute Gasteiger partial charge is 0.507 e. The van der Waals surface area contributed by atoms with Gasteiger partial charge in [-0.25, -0.2) is 13.6 Å². The van der Waals surface area contributed by atoms with E-state index in [4.69, 9.17) is 0 Å². The average molecular weight is 461 g/mol. The van der Waals surface area contributed by atoms with Crippen molar-refractivity contribution < 1.29 is 52.1 Å². The third kappa shape index (κ3) is 5.95. The molecular weight excluding hydrogens is 440 g/mol. The van der Waals surface area contributed by atoms with Crippen molar-refractivity contribution in [2.75, 3.05) is 21.3 Å². The summed E-state index contributed by atoms with van der Waals surface area (Å²) >= 11 is 0. The van der Waals surface area contributed by atoms with Gasteiger partial charge in [-0.2, -0.15) is 0 Å². The molecule has 1 aromatic rings. The first kappa shape index (κ1) is 26.4. The second-order valence-corrected chi connectivity index (χ2v) is 6.53. The van der Waals surface area contributed by atoms with Crippen LogP contribution in [0.4, 0.5) is 8.78 Å². The number of halogens is 2. The number of alkyl halides is 2. The van der Waals surface area contributed by atoms with E-state index < -0.39 is 59.3 Å². The fraction of sp³-hybridized carbons (Fsp3) is 0.474. The fourth-order valence-electron chi connectivity index (χ4n) is 2.54. The van der Waals surface area contributed by atoms with Gasteiger partial charge in [0.15, 0.2) is 11.7 Å². The predicted molar refractivity (Wildman–Crippen MR) is 100 cm³/mol. The van der Waals surface area contributed by atoms with Gasteiger partial charge in [0, 0.05) is 12.3 Å². The van der Waals surface area contributed by atoms with Crippen LogP contribution in [0.2, 0.25) is 0 Å². The summed E-state index contributed by atoms with van der Waals surface area (Å²) in [5, 5.41) is 9.44. The number of Topliss-reactive ketones (excluding diaryl/α,β-unsaturated/α-hetero) is 1. The molecule has 0 radical (unpaired) electrons. The lowest BCUT2D eigenvalue weighted by molar-refractivity contribution is -0.152. The van der Waals surface area contributed by atoms with Gasteiger partial charge in [0.2, 0.25) is 0 Å². The number of esters is 3. The highest BCUT2D eigenvalue weighted by Crippen LogP contribution is 2.47. The van der Waals surface area contributed by atoms with Crippen LogP contribution < -0.4 is 5.56 Å². The molecule has 0 saturated heterocycles. The molecule has 1 heterocycles. The molecule has 1 saturated carbocycles. The third-order valence-corrected chi connectivity index (χ3v) is 4.57. The smallest absolute Gasteiger partial charge is 0.343 e. The topological polar surface area (TPSA) is 155 Å². The maximum Gasteiger partial charge on any atom is 0.343 e. The Kier molecular flexibility index (Phi) is 9.17.